The quantitative estimate of drug-likeness (QED) is 0.616. The zero-order chi connectivity index (χ0) is 10.5. The molecule has 0 bridgehead atoms. The highest BCUT2D eigenvalue weighted by Gasteiger charge is 2.16. The minimum Gasteiger partial charge on any atom is -0.444 e. The highest BCUT2D eigenvalue weighted by atomic mass is 16.6. The molecule has 0 aliphatic rings. The fourth-order valence-corrected chi connectivity index (χ4v) is 0.550. The second-order valence-corrected chi connectivity index (χ2v) is 3.59. The first-order valence-electron chi connectivity index (χ1n) is 3.95. The lowest BCUT2D eigenvalue weighted by Gasteiger charge is -2.19. The minimum absolute atomic E-state index is 0.127. The van der Waals surface area contributed by atoms with Crippen molar-refractivity contribution in [3.8, 4) is 0 Å². The second-order valence-electron chi connectivity index (χ2n) is 3.59. The smallest absolute Gasteiger partial charge is 0.407 e. The van der Waals surface area contributed by atoms with Crippen LogP contribution in [0, 0.1) is 0 Å². The van der Waals surface area contributed by atoms with Crippen LogP contribution >= 0.6 is 0 Å². The van der Waals surface area contributed by atoms with Gasteiger partial charge in [-0.05, 0) is 20.8 Å². The number of carbonyl (C=O) groups is 2. The van der Waals surface area contributed by atoms with E-state index in [1.165, 1.54) is 0 Å². The molecule has 1 atom stereocenters. The molecule has 0 rings (SSSR count). The number of aliphatic hydroxyl groups is 1. The third-order valence-corrected chi connectivity index (χ3v) is 1.01. The van der Waals surface area contributed by atoms with E-state index in [4.69, 9.17) is 9.84 Å². The van der Waals surface area contributed by atoms with Crippen molar-refractivity contribution in [3.05, 3.63) is 0 Å². The first kappa shape index (κ1) is 11.9. The van der Waals surface area contributed by atoms with Crippen LogP contribution in [0.5, 0.6) is 0 Å². The highest BCUT2D eigenvalue weighted by Crippen LogP contribution is 2.06. The van der Waals surface area contributed by atoms with E-state index in [1.54, 1.807) is 20.8 Å². The third kappa shape index (κ3) is 7.27. The van der Waals surface area contributed by atoms with Crippen LogP contribution < -0.4 is 5.32 Å². The van der Waals surface area contributed by atoms with Crippen molar-refractivity contribution in [1.82, 2.24) is 5.32 Å². The summed E-state index contributed by atoms with van der Waals surface area (Å²) >= 11 is 0. The molecule has 1 amide bonds. The number of aldehydes is 1. The monoisotopic (exact) mass is 189 g/mol. The van der Waals surface area contributed by atoms with E-state index >= 15 is 0 Å². The molecule has 76 valence electrons. The number of alkyl carbamates (subject to hydrolysis) is 1. The van der Waals surface area contributed by atoms with Gasteiger partial charge in [0.1, 0.15) is 18.0 Å². The Labute approximate surface area is 77.1 Å². The molecular formula is C8H15NO4. The van der Waals surface area contributed by atoms with Crippen LogP contribution in [0.4, 0.5) is 4.79 Å². The van der Waals surface area contributed by atoms with Crippen LogP contribution in [0.2, 0.25) is 0 Å². The lowest BCUT2D eigenvalue weighted by atomic mass is 10.2. The number of amides is 1. The molecular weight excluding hydrogens is 174 g/mol. The van der Waals surface area contributed by atoms with Crippen LogP contribution in [0.1, 0.15) is 20.8 Å². The van der Waals surface area contributed by atoms with Crippen molar-refractivity contribution in [2.75, 3.05) is 6.54 Å². The van der Waals surface area contributed by atoms with Gasteiger partial charge in [-0.25, -0.2) is 4.79 Å². The Kier molecular flexibility index (Phi) is 4.40. The molecule has 5 heteroatoms. The Bertz CT molecular complexity index is 185. The Balaban J connectivity index is 3.70. The predicted octanol–water partition coefficient (Wildman–Crippen LogP) is 0.0709. The normalized spacial score (nSPS) is 13.2. The van der Waals surface area contributed by atoms with Gasteiger partial charge in [-0.15, -0.1) is 0 Å². The van der Waals surface area contributed by atoms with Crippen LogP contribution in [-0.2, 0) is 9.53 Å². The van der Waals surface area contributed by atoms with E-state index in [2.05, 4.69) is 5.32 Å². The van der Waals surface area contributed by atoms with Crippen molar-refractivity contribution in [2.45, 2.75) is 32.5 Å². The first-order valence-corrected chi connectivity index (χ1v) is 3.95. The predicted molar refractivity (Wildman–Crippen MR) is 46.3 cm³/mol. The number of ether oxygens (including phenoxy) is 1. The lowest BCUT2D eigenvalue weighted by Crippen LogP contribution is -2.37. The summed E-state index contributed by atoms with van der Waals surface area (Å²) in [6, 6.07) is 0. The number of hydrogen-bond acceptors (Lipinski definition) is 4. The Morgan fingerprint density at radius 2 is 2.15 bits per heavy atom. The van der Waals surface area contributed by atoms with Crippen LogP contribution in [-0.4, -0.2) is 35.7 Å². The fourth-order valence-electron chi connectivity index (χ4n) is 0.550. The van der Waals surface area contributed by atoms with Crippen molar-refractivity contribution >= 4 is 12.4 Å². The standard InChI is InChI=1S/C8H15NO4/c1-8(2,3)13-7(12)9-4-6(11)5-10/h5-6,11H,4H2,1-3H3,(H,9,12). The molecule has 1 unspecified atom stereocenters. The maximum absolute atomic E-state index is 10.9. The van der Waals surface area contributed by atoms with Crippen LogP contribution in [0.25, 0.3) is 0 Å². The van der Waals surface area contributed by atoms with Crippen molar-refractivity contribution < 1.29 is 19.4 Å². The fraction of sp³-hybridized carbons (Fsp3) is 0.750. The summed E-state index contributed by atoms with van der Waals surface area (Å²) in [7, 11) is 0. The van der Waals surface area contributed by atoms with E-state index in [9.17, 15) is 9.59 Å². The maximum atomic E-state index is 10.9. The van der Waals surface area contributed by atoms with Gasteiger partial charge in [0.2, 0.25) is 0 Å². The molecule has 5 nitrogen and oxygen atoms in total. The zero-order valence-electron chi connectivity index (χ0n) is 8.03. The molecule has 0 saturated heterocycles. The Morgan fingerprint density at radius 1 is 1.62 bits per heavy atom. The summed E-state index contributed by atoms with van der Waals surface area (Å²) in [4.78, 5) is 20.9. The Hall–Kier alpha value is -1.10. The molecule has 0 heterocycles. The van der Waals surface area contributed by atoms with Crippen LogP contribution in [0.3, 0.4) is 0 Å². The topological polar surface area (TPSA) is 75.6 Å². The molecule has 0 fully saturated rings. The van der Waals surface area contributed by atoms with Crippen molar-refractivity contribution in [3.63, 3.8) is 0 Å². The second kappa shape index (κ2) is 4.81. The van der Waals surface area contributed by atoms with Crippen molar-refractivity contribution in [1.29, 1.82) is 0 Å². The van der Waals surface area contributed by atoms with Gasteiger partial charge < -0.3 is 20.0 Å². The average molecular weight is 189 g/mol. The highest BCUT2D eigenvalue weighted by molar-refractivity contribution is 5.68. The molecule has 0 aliphatic carbocycles. The van der Waals surface area contributed by atoms with Gasteiger partial charge >= 0.3 is 6.09 Å². The largest absolute Gasteiger partial charge is 0.444 e. The van der Waals surface area contributed by atoms with Crippen molar-refractivity contribution in [2.24, 2.45) is 0 Å². The zero-order valence-corrected chi connectivity index (χ0v) is 8.03. The minimum atomic E-state index is -1.17. The van der Waals surface area contributed by atoms with Gasteiger partial charge in [-0.1, -0.05) is 0 Å². The van der Waals surface area contributed by atoms with E-state index in [0.717, 1.165) is 0 Å². The SMILES string of the molecule is CC(C)(C)OC(=O)NCC(O)C=O. The van der Waals surface area contributed by atoms with Crippen LogP contribution in [0.15, 0.2) is 0 Å². The third-order valence-electron chi connectivity index (χ3n) is 1.01. The summed E-state index contributed by atoms with van der Waals surface area (Å²) in [5.74, 6) is 0. The van der Waals surface area contributed by atoms with E-state index in [0.29, 0.717) is 6.29 Å². The van der Waals surface area contributed by atoms with Gasteiger partial charge in [-0.2, -0.15) is 0 Å². The molecule has 13 heavy (non-hydrogen) atoms. The number of carbonyl (C=O) groups excluding carboxylic acids is 2. The maximum Gasteiger partial charge on any atom is 0.407 e. The number of aliphatic hydroxyl groups excluding tert-OH is 1. The molecule has 0 spiro atoms. The van der Waals surface area contributed by atoms with Gasteiger partial charge in [0.15, 0.2) is 0 Å². The van der Waals surface area contributed by atoms with E-state index in [-0.39, 0.29) is 6.54 Å². The average Bonchev–Trinajstić information content (AvgIpc) is 1.97. The van der Waals surface area contributed by atoms with Gasteiger partial charge in [-0.3, -0.25) is 0 Å². The first-order chi connectivity index (χ1) is 5.85. The number of nitrogens with one attached hydrogen (secondary N) is 1. The summed E-state index contributed by atoms with van der Waals surface area (Å²) in [6.45, 7) is 5.05. The van der Waals surface area contributed by atoms with Gasteiger partial charge in [0.25, 0.3) is 0 Å². The number of hydrogen-bond donors (Lipinski definition) is 2. The lowest BCUT2D eigenvalue weighted by molar-refractivity contribution is -0.114. The summed E-state index contributed by atoms with van der Waals surface area (Å²) in [6.07, 6.45) is -1.47. The molecule has 0 radical (unpaired) electrons. The number of rotatable bonds is 3. The molecule has 0 aromatic rings. The molecule has 0 aromatic heterocycles. The van der Waals surface area contributed by atoms with E-state index in [1.807, 2.05) is 0 Å². The molecule has 0 saturated carbocycles. The molecule has 0 aromatic carbocycles. The van der Waals surface area contributed by atoms with Gasteiger partial charge in [0, 0.05) is 0 Å². The summed E-state index contributed by atoms with van der Waals surface area (Å²) in [5.41, 5.74) is -0.573. The summed E-state index contributed by atoms with van der Waals surface area (Å²) in [5, 5.41) is 11.0. The van der Waals surface area contributed by atoms with E-state index < -0.39 is 17.8 Å². The molecule has 0 aliphatic heterocycles. The Morgan fingerprint density at radius 3 is 2.54 bits per heavy atom. The molecule has 2 N–H and O–H groups in total. The van der Waals surface area contributed by atoms with Gasteiger partial charge in [0.05, 0.1) is 6.54 Å². The summed E-state index contributed by atoms with van der Waals surface area (Å²) < 4.78 is 4.86.